The van der Waals surface area contributed by atoms with Gasteiger partial charge in [0.1, 0.15) is 11.4 Å². The van der Waals surface area contributed by atoms with Gasteiger partial charge in [-0.05, 0) is 36.5 Å². The van der Waals surface area contributed by atoms with E-state index in [0.717, 1.165) is 52.7 Å². The van der Waals surface area contributed by atoms with E-state index < -0.39 is 11.7 Å². The Hall–Kier alpha value is -3.80. The third-order valence-corrected chi connectivity index (χ3v) is 5.76. The summed E-state index contributed by atoms with van der Waals surface area (Å²) in [6.45, 7) is 0. The molecule has 0 atom stereocenters. The SMILES string of the molecule is NC(=O)OC1(c2ccc(-c3oc4ncc(N)cc4c3-c3ccccc3)cc2)CCC1. The van der Waals surface area contributed by atoms with Gasteiger partial charge < -0.3 is 20.6 Å². The van der Waals surface area contributed by atoms with Crippen LogP contribution < -0.4 is 11.5 Å². The van der Waals surface area contributed by atoms with Crippen LogP contribution >= 0.6 is 0 Å². The lowest BCUT2D eigenvalue weighted by Gasteiger charge is -2.40. The van der Waals surface area contributed by atoms with E-state index in [1.165, 1.54) is 0 Å². The van der Waals surface area contributed by atoms with Gasteiger partial charge >= 0.3 is 6.09 Å². The topological polar surface area (TPSA) is 104 Å². The van der Waals surface area contributed by atoms with Gasteiger partial charge in [-0.15, -0.1) is 0 Å². The maximum Gasteiger partial charge on any atom is 0.405 e. The summed E-state index contributed by atoms with van der Waals surface area (Å²) in [5, 5.41) is 0.868. The number of fused-ring (bicyclic) bond motifs is 1. The predicted molar refractivity (Wildman–Crippen MR) is 115 cm³/mol. The molecule has 2 aromatic carbocycles. The van der Waals surface area contributed by atoms with Crippen molar-refractivity contribution >= 4 is 22.9 Å². The highest BCUT2D eigenvalue weighted by atomic mass is 16.6. The second-order valence-corrected chi connectivity index (χ2v) is 7.64. The van der Waals surface area contributed by atoms with Crippen LogP contribution in [0, 0.1) is 0 Å². The fourth-order valence-electron chi connectivity index (χ4n) is 4.16. The van der Waals surface area contributed by atoms with Crippen molar-refractivity contribution in [2.75, 3.05) is 5.73 Å². The summed E-state index contributed by atoms with van der Waals surface area (Å²) >= 11 is 0. The van der Waals surface area contributed by atoms with Crippen molar-refractivity contribution in [3.63, 3.8) is 0 Å². The minimum Gasteiger partial charge on any atom is -0.438 e. The first-order valence-corrected chi connectivity index (χ1v) is 9.88. The number of furan rings is 1. The van der Waals surface area contributed by atoms with E-state index in [1.807, 2.05) is 60.7 Å². The average Bonchev–Trinajstić information content (AvgIpc) is 3.10. The van der Waals surface area contributed by atoms with Gasteiger partial charge in [0.2, 0.25) is 5.71 Å². The molecule has 2 heterocycles. The van der Waals surface area contributed by atoms with Gasteiger partial charge in [0.25, 0.3) is 0 Å². The van der Waals surface area contributed by atoms with Crippen LogP contribution in [0.2, 0.25) is 0 Å². The molecular formula is C24H21N3O3. The molecule has 0 aliphatic heterocycles. The van der Waals surface area contributed by atoms with E-state index in [0.29, 0.717) is 11.4 Å². The Bertz CT molecular complexity index is 1230. The fourth-order valence-corrected chi connectivity index (χ4v) is 4.16. The minimum atomic E-state index is -0.744. The predicted octanol–water partition coefficient (Wildman–Crippen LogP) is 5.22. The molecule has 0 unspecified atom stereocenters. The fraction of sp³-hybridized carbons (Fsp3) is 0.167. The van der Waals surface area contributed by atoms with Crippen molar-refractivity contribution in [2.45, 2.75) is 24.9 Å². The van der Waals surface area contributed by atoms with Gasteiger partial charge in [0, 0.05) is 11.1 Å². The molecule has 30 heavy (non-hydrogen) atoms. The Labute approximate surface area is 173 Å². The molecule has 4 aromatic rings. The van der Waals surface area contributed by atoms with Crippen LogP contribution in [0.1, 0.15) is 24.8 Å². The van der Waals surface area contributed by atoms with Crippen LogP contribution in [-0.4, -0.2) is 11.1 Å². The van der Waals surface area contributed by atoms with Gasteiger partial charge in [0.15, 0.2) is 0 Å². The van der Waals surface area contributed by atoms with Crippen LogP contribution in [-0.2, 0) is 10.3 Å². The number of benzene rings is 2. The molecule has 4 N–H and O–H groups in total. The van der Waals surface area contributed by atoms with Gasteiger partial charge in [-0.1, -0.05) is 54.6 Å². The largest absolute Gasteiger partial charge is 0.438 e. The van der Waals surface area contributed by atoms with Crippen molar-refractivity contribution in [3.05, 3.63) is 72.4 Å². The molecule has 5 rings (SSSR count). The number of nitrogen functional groups attached to an aromatic ring is 1. The number of rotatable bonds is 4. The standard InChI is InChI=1S/C24H21N3O3/c25-18-13-19-20(15-5-2-1-3-6-15)21(29-22(19)27-14-18)16-7-9-17(10-8-16)24(11-4-12-24)30-23(26)28/h1-3,5-10,13-14H,4,11-12,25H2,(H2,26,28). The summed E-state index contributed by atoms with van der Waals surface area (Å²) in [6, 6.07) is 19.8. The second-order valence-electron chi connectivity index (χ2n) is 7.64. The van der Waals surface area contributed by atoms with Crippen LogP contribution in [0.25, 0.3) is 33.6 Å². The third-order valence-electron chi connectivity index (χ3n) is 5.76. The lowest BCUT2D eigenvalue weighted by molar-refractivity contribution is -0.0489. The Morgan fingerprint density at radius 2 is 1.77 bits per heavy atom. The summed E-state index contributed by atoms with van der Waals surface area (Å²) in [7, 11) is 0. The zero-order chi connectivity index (χ0) is 20.7. The first-order chi connectivity index (χ1) is 14.6. The van der Waals surface area contributed by atoms with Crippen LogP contribution in [0.5, 0.6) is 0 Å². The molecule has 1 fully saturated rings. The number of nitrogens with two attached hydrogens (primary N) is 2. The van der Waals surface area contributed by atoms with E-state index in [1.54, 1.807) is 6.20 Å². The number of aromatic nitrogens is 1. The normalized spacial score (nSPS) is 14.9. The highest BCUT2D eigenvalue weighted by Gasteiger charge is 2.42. The maximum atomic E-state index is 11.4. The number of hydrogen-bond donors (Lipinski definition) is 2. The van der Waals surface area contributed by atoms with Gasteiger partial charge in [-0.3, -0.25) is 0 Å². The molecule has 0 saturated heterocycles. The summed E-state index contributed by atoms with van der Waals surface area (Å²) < 4.78 is 11.6. The van der Waals surface area contributed by atoms with Gasteiger partial charge in [-0.25, -0.2) is 9.78 Å². The van der Waals surface area contributed by atoms with Crippen molar-refractivity contribution in [2.24, 2.45) is 5.73 Å². The Morgan fingerprint density at radius 1 is 1.03 bits per heavy atom. The van der Waals surface area contributed by atoms with Crippen molar-refractivity contribution in [3.8, 4) is 22.5 Å². The molecule has 1 saturated carbocycles. The zero-order valence-corrected chi connectivity index (χ0v) is 16.3. The third kappa shape index (κ3) is 2.97. The summed E-state index contributed by atoms with van der Waals surface area (Å²) in [4.78, 5) is 15.7. The van der Waals surface area contributed by atoms with Crippen LogP contribution in [0.4, 0.5) is 10.5 Å². The number of ether oxygens (including phenoxy) is 1. The average molecular weight is 399 g/mol. The second kappa shape index (κ2) is 6.91. The molecule has 0 spiro atoms. The molecule has 2 aromatic heterocycles. The summed E-state index contributed by atoms with van der Waals surface area (Å²) in [5.41, 5.74) is 15.6. The molecule has 6 heteroatoms. The molecule has 6 nitrogen and oxygen atoms in total. The monoisotopic (exact) mass is 399 g/mol. The molecule has 1 aliphatic rings. The van der Waals surface area contributed by atoms with Crippen molar-refractivity contribution in [1.29, 1.82) is 0 Å². The molecule has 1 aliphatic carbocycles. The Balaban J connectivity index is 1.62. The lowest BCUT2D eigenvalue weighted by Crippen LogP contribution is -2.40. The highest BCUT2D eigenvalue weighted by molar-refractivity contribution is 6.01. The number of nitrogens with zero attached hydrogens (tertiary/aromatic N) is 1. The molecular weight excluding hydrogens is 378 g/mol. The Kier molecular flexibility index (Phi) is 4.20. The summed E-state index contributed by atoms with van der Waals surface area (Å²) in [5.74, 6) is 0.722. The van der Waals surface area contributed by atoms with Crippen LogP contribution in [0.15, 0.2) is 71.3 Å². The maximum absolute atomic E-state index is 11.4. The number of hydrogen-bond acceptors (Lipinski definition) is 5. The number of primary amides is 1. The van der Waals surface area contributed by atoms with E-state index in [4.69, 9.17) is 20.6 Å². The first kappa shape index (κ1) is 18.2. The number of carbonyl (C=O) groups excluding carboxylic acids is 1. The van der Waals surface area contributed by atoms with Crippen LogP contribution in [0.3, 0.4) is 0 Å². The van der Waals surface area contributed by atoms with Crippen molar-refractivity contribution < 1.29 is 13.9 Å². The minimum absolute atomic E-state index is 0.537. The number of pyridine rings is 1. The highest BCUT2D eigenvalue weighted by Crippen LogP contribution is 2.46. The Morgan fingerprint density at radius 3 is 2.40 bits per heavy atom. The van der Waals surface area contributed by atoms with Crippen molar-refractivity contribution in [1.82, 2.24) is 4.98 Å². The van der Waals surface area contributed by atoms with E-state index in [9.17, 15) is 4.79 Å². The smallest absolute Gasteiger partial charge is 0.405 e. The van der Waals surface area contributed by atoms with Gasteiger partial charge in [-0.2, -0.15) is 0 Å². The zero-order valence-electron chi connectivity index (χ0n) is 16.3. The molecule has 1 amide bonds. The number of carbonyl (C=O) groups is 1. The summed E-state index contributed by atoms with van der Waals surface area (Å²) in [6.07, 6.45) is 3.40. The number of amides is 1. The van der Waals surface area contributed by atoms with E-state index in [2.05, 4.69) is 4.98 Å². The first-order valence-electron chi connectivity index (χ1n) is 9.88. The molecule has 0 radical (unpaired) electrons. The lowest BCUT2D eigenvalue weighted by atomic mass is 9.74. The quantitative estimate of drug-likeness (QED) is 0.490. The molecule has 0 bridgehead atoms. The van der Waals surface area contributed by atoms with E-state index >= 15 is 0 Å². The number of anilines is 1. The molecule has 150 valence electrons. The van der Waals surface area contributed by atoms with E-state index in [-0.39, 0.29) is 0 Å². The van der Waals surface area contributed by atoms with Gasteiger partial charge in [0.05, 0.1) is 17.3 Å².